The Labute approximate surface area is 176 Å². The number of fused-ring (bicyclic) bond motifs is 1. The molecule has 31 heavy (non-hydrogen) atoms. The lowest BCUT2D eigenvalue weighted by Gasteiger charge is -2.13. The van der Waals surface area contributed by atoms with E-state index in [2.05, 4.69) is 4.98 Å². The van der Waals surface area contributed by atoms with Gasteiger partial charge in [0.1, 0.15) is 16.7 Å². The summed E-state index contributed by atoms with van der Waals surface area (Å²) in [5.74, 6) is -4.68. The Morgan fingerprint density at radius 2 is 1.68 bits per heavy atom. The summed E-state index contributed by atoms with van der Waals surface area (Å²) < 4.78 is 30.6. The highest BCUT2D eigenvalue weighted by Gasteiger charge is 2.24. The molecule has 0 aliphatic carbocycles. The molecule has 1 heterocycles. The van der Waals surface area contributed by atoms with Crippen molar-refractivity contribution < 1.29 is 37.2 Å². The molecule has 0 saturated carbocycles. The van der Waals surface area contributed by atoms with Crippen LogP contribution in [-0.4, -0.2) is 47.5 Å². The summed E-state index contributed by atoms with van der Waals surface area (Å²) >= 11 is 0. The SMILES string of the molecule is O=C(O)C(=O)NC(Cc1ccc(OS(=O)(=O)c2cccc3cccnc23)cc1)C(=O)O. The van der Waals surface area contributed by atoms with E-state index < -0.39 is 34.0 Å². The first-order chi connectivity index (χ1) is 14.7. The maximum Gasteiger partial charge on any atom is 0.394 e. The monoisotopic (exact) mass is 444 g/mol. The second-order valence-electron chi connectivity index (χ2n) is 6.39. The lowest BCUT2D eigenvalue weighted by Crippen LogP contribution is -2.45. The summed E-state index contributed by atoms with van der Waals surface area (Å²) in [5.41, 5.74) is 0.676. The van der Waals surface area contributed by atoms with E-state index in [1.807, 2.05) is 5.32 Å². The summed E-state index contributed by atoms with van der Waals surface area (Å²) in [6.07, 6.45) is 1.26. The average molecular weight is 444 g/mol. The van der Waals surface area contributed by atoms with Crippen LogP contribution in [0.25, 0.3) is 10.9 Å². The molecule has 11 heteroatoms. The van der Waals surface area contributed by atoms with Crippen molar-refractivity contribution >= 4 is 38.9 Å². The van der Waals surface area contributed by atoms with E-state index in [1.54, 1.807) is 24.3 Å². The Bertz CT molecular complexity index is 1250. The van der Waals surface area contributed by atoms with E-state index in [9.17, 15) is 22.8 Å². The topological polar surface area (TPSA) is 160 Å². The fourth-order valence-corrected chi connectivity index (χ4v) is 3.89. The summed E-state index contributed by atoms with van der Waals surface area (Å²) in [4.78, 5) is 37.1. The second-order valence-corrected chi connectivity index (χ2v) is 7.90. The van der Waals surface area contributed by atoms with Crippen LogP contribution in [0.2, 0.25) is 0 Å². The maximum absolute atomic E-state index is 12.7. The van der Waals surface area contributed by atoms with Crippen LogP contribution in [0.3, 0.4) is 0 Å². The van der Waals surface area contributed by atoms with Gasteiger partial charge in [0.15, 0.2) is 0 Å². The van der Waals surface area contributed by atoms with Crippen molar-refractivity contribution in [2.24, 2.45) is 0 Å². The van der Waals surface area contributed by atoms with Gasteiger partial charge in [-0.2, -0.15) is 8.42 Å². The zero-order valence-corrected chi connectivity index (χ0v) is 16.6. The van der Waals surface area contributed by atoms with Crippen molar-refractivity contribution in [1.29, 1.82) is 0 Å². The molecule has 0 bridgehead atoms. The smallest absolute Gasteiger partial charge is 0.394 e. The normalized spacial score (nSPS) is 12.1. The number of hydrogen-bond acceptors (Lipinski definition) is 7. The number of carbonyl (C=O) groups excluding carboxylic acids is 1. The molecule has 0 aliphatic rings. The Morgan fingerprint density at radius 3 is 2.32 bits per heavy atom. The predicted molar refractivity (Wildman–Crippen MR) is 107 cm³/mol. The molecule has 160 valence electrons. The van der Waals surface area contributed by atoms with Crippen molar-refractivity contribution in [2.45, 2.75) is 17.4 Å². The molecule has 3 aromatic rings. The van der Waals surface area contributed by atoms with Crippen LogP contribution in [0.1, 0.15) is 5.56 Å². The van der Waals surface area contributed by atoms with E-state index in [4.69, 9.17) is 14.4 Å². The van der Waals surface area contributed by atoms with Gasteiger partial charge in [-0.15, -0.1) is 0 Å². The van der Waals surface area contributed by atoms with Gasteiger partial charge in [0.2, 0.25) is 0 Å². The van der Waals surface area contributed by atoms with Crippen molar-refractivity contribution in [1.82, 2.24) is 10.3 Å². The largest absolute Gasteiger partial charge is 0.480 e. The average Bonchev–Trinajstić information content (AvgIpc) is 2.73. The van der Waals surface area contributed by atoms with Crippen molar-refractivity contribution in [3.8, 4) is 5.75 Å². The Balaban J connectivity index is 1.77. The second kappa shape index (κ2) is 8.79. The van der Waals surface area contributed by atoms with Gasteiger partial charge in [-0.1, -0.05) is 30.3 Å². The summed E-state index contributed by atoms with van der Waals surface area (Å²) in [5, 5.41) is 20.3. The van der Waals surface area contributed by atoms with Gasteiger partial charge >= 0.3 is 28.0 Å². The highest BCUT2D eigenvalue weighted by molar-refractivity contribution is 7.87. The number of nitrogens with zero attached hydrogens (tertiary/aromatic N) is 1. The quantitative estimate of drug-likeness (QED) is 0.359. The van der Waals surface area contributed by atoms with Crippen molar-refractivity contribution in [2.75, 3.05) is 0 Å². The number of aromatic nitrogens is 1. The van der Waals surface area contributed by atoms with Gasteiger partial charge in [-0.3, -0.25) is 9.78 Å². The molecule has 3 N–H and O–H groups in total. The third kappa shape index (κ3) is 5.14. The van der Waals surface area contributed by atoms with Crippen LogP contribution in [0.5, 0.6) is 5.75 Å². The molecule has 0 aliphatic heterocycles. The van der Waals surface area contributed by atoms with Crippen molar-refractivity contribution in [3.05, 3.63) is 66.4 Å². The molecule has 1 atom stereocenters. The third-order valence-corrected chi connectivity index (χ3v) is 5.51. The molecule has 2 aromatic carbocycles. The predicted octanol–water partition coefficient (Wildman–Crippen LogP) is 1.20. The standard InChI is InChI=1S/C20H16N2O8S/c23-18(20(26)27)22-15(19(24)25)11-12-6-8-14(9-7-12)30-31(28,29)16-5-1-3-13-4-2-10-21-17(13)16/h1-10,15H,11H2,(H,22,23)(H,24,25)(H,26,27). The molecule has 1 unspecified atom stereocenters. The summed E-state index contributed by atoms with van der Waals surface area (Å²) in [6.45, 7) is 0. The molecule has 10 nitrogen and oxygen atoms in total. The van der Waals surface area contributed by atoms with Crippen LogP contribution in [0.4, 0.5) is 0 Å². The van der Waals surface area contributed by atoms with E-state index >= 15 is 0 Å². The number of amides is 1. The molecule has 1 aromatic heterocycles. The van der Waals surface area contributed by atoms with Gasteiger partial charge in [-0.25, -0.2) is 9.59 Å². The van der Waals surface area contributed by atoms with Gasteiger partial charge < -0.3 is 19.7 Å². The Kier molecular flexibility index (Phi) is 6.16. The lowest BCUT2D eigenvalue weighted by molar-refractivity contribution is -0.152. The molecule has 0 radical (unpaired) electrons. The molecule has 0 saturated heterocycles. The number of benzene rings is 2. The van der Waals surface area contributed by atoms with Crippen LogP contribution in [-0.2, 0) is 30.9 Å². The van der Waals surface area contributed by atoms with Crippen LogP contribution < -0.4 is 9.50 Å². The number of pyridine rings is 1. The van der Waals surface area contributed by atoms with Gasteiger partial charge in [0.05, 0.1) is 5.52 Å². The number of para-hydroxylation sites is 1. The summed E-state index contributed by atoms with van der Waals surface area (Å²) in [7, 11) is -4.19. The van der Waals surface area contributed by atoms with E-state index in [1.165, 1.54) is 36.5 Å². The first-order valence-corrected chi connectivity index (χ1v) is 10.2. The van der Waals surface area contributed by atoms with Crippen molar-refractivity contribution in [3.63, 3.8) is 0 Å². The lowest BCUT2D eigenvalue weighted by atomic mass is 10.1. The van der Waals surface area contributed by atoms with Crippen LogP contribution in [0.15, 0.2) is 65.7 Å². The van der Waals surface area contributed by atoms with Crippen LogP contribution >= 0.6 is 0 Å². The number of carboxylic acid groups (broad SMARTS) is 2. The number of aliphatic carboxylic acids is 2. The number of nitrogens with one attached hydrogen (secondary N) is 1. The van der Waals surface area contributed by atoms with Crippen LogP contribution in [0, 0.1) is 0 Å². The Hall–Kier alpha value is -3.99. The highest BCUT2D eigenvalue weighted by atomic mass is 32.2. The number of carbonyl (C=O) groups is 3. The fraction of sp³-hybridized carbons (Fsp3) is 0.100. The minimum absolute atomic E-state index is 0.0156. The zero-order valence-electron chi connectivity index (χ0n) is 15.8. The zero-order chi connectivity index (χ0) is 22.6. The molecule has 1 amide bonds. The molecule has 0 spiro atoms. The minimum Gasteiger partial charge on any atom is -0.480 e. The highest BCUT2D eigenvalue weighted by Crippen LogP contribution is 2.25. The molecular weight excluding hydrogens is 428 g/mol. The molecule has 0 fully saturated rings. The minimum atomic E-state index is -4.19. The summed E-state index contributed by atoms with van der Waals surface area (Å²) in [6, 6.07) is 12.1. The first-order valence-electron chi connectivity index (χ1n) is 8.81. The number of carboxylic acids is 2. The number of rotatable bonds is 7. The maximum atomic E-state index is 12.7. The first kappa shape index (κ1) is 21.7. The van der Waals surface area contributed by atoms with E-state index in [0.717, 1.165) is 0 Å². The number of hydrogen-bond donors (Lipinski definition) is 3. The molecule has 3 rings (SSSR count). The fourth-order valence-electron chi connectivity index (χ4n) is 2.79. The third-order valence-electron chi connectivity index (χ3n) is 4.23. The van der Waals surface area contributed by atoms with Gasteiger partial charge in [-0.05, 0) is 29.8 Å². The van der Waals surface area contributed by atoms with Gasteiger partial charge in [0, 0.05) is 18.0 Å². The van der Waals surface area contributed by atoms with Gasteiger partial charge in [0.25, 0.3) is 0 Å². The Morgan fingerprint density at radius 1 is 1.00 bits per heavy atom. The van der Waals surface area contributed by atoms with E-state index in [0.29, 0.717) is 10.9 Å². The molecular formula is C20H16N2O8S. The van der Waals surface area contributed by atoms with E-state index in [-0.39, 0.29) is 22.6 Å².